The Labute approximate surface area is 129 Å². The molecule has 0 radical (unpaired) electrons. The molecular formula is C16H21N3O3. The summed E-state index contributed by atoms with van der Waals surface area (Å²) >= 11 is 0. The SMILES string of the molecule is CCN(Cc1ccoc1)C(=O)c1n[nH]c2c1C[C@H](C)O[C@@H]2C. The van der Waals surface area contributed by atoms with Crippen LogP contribution in [0.15, 0.2) is 23.0 Å². The molecule has 0 fully saturated rings. The number of rotatable bonds is 4. The van der Waals surface area contributed by atoms with Crippen molar-refractivity contribution >= 4 is 5.91 Å². The average molecular weight is 303 g/mol. The Kier molecular flexibility index (Phi) is 4.02. The quantitative estimate of drug-likeness (QED) is 0.942. The van der Waals surface area contributed by atoms with E-state index in [2.05, 4.69) is 10.2 Å². The molecule has 0 aromatic carbocycles. The van der Waals surface area contributed by atoms with Crippen molar-refractivity contribution in [2.24, 2.45) is 0 Å². The number of ether oxygens (including phenoxy) is 1. The van der Waals surface area contributed by atoms with E-state index in [0.717, 1.165) is 16.8 Å². The van der Waals surface area contributed by atoms with Crippen LogP contribution in [0.2, 0.25) is 0 Å². The van der Waals surface area contributed by atoms with Gasteiger partial charge < -0.3 is 14.1 Å². The molecule has 0 saturated heterocycles. The highest BCUT2D eigenvalue weighted by Crippen LogP contribution is 2.30. The van der Waals surface area contributed by atoms with Crippen LogP contribution >= 0.6 is 0 Å². The molecule has 6 heteroatoms. The monoisotopic (exact) mass is 303 g/mol. The number of carbonyl (C=O) groups excluding carboxylic acids is 1. The number of furan rings is 1. The van der Waals surface area contributed by atoms with Gasteiger partial charge in [0.25, 0.3) is 5.91 Å². The number of carbonyl (C=O) groups is 1. The molecule has 1 amide bonds. The van der Waals surface area contributed by atoms with Crippen LogP contribution in [0.4, 0.5) is 0 Å². The molecule has 2 aromatic rings. The van der Waals surface area contributed by atoms with Gasteiger partial charge in [-0.3, -0.25) is 9.89 Å². The highest BCUT2D eigenvalue weighted by molar-refractivity contribution is 5.94. The van der Waals surface area contributed by atoms with Crippen molar-refractivity contribution in [3.63, 3.8) is 0 Å². The Bertz CT molecular complexity index is 648. The first-order valence-electron chi connectivity index (χ1n) is 7.63. The number of H-pyrrole nitrogens is 1. The van der Waals surface area contributed by atoms with Gasteiger partial charge in [-0.2, -0.15) is 5.10 Å². The van der Waals surface area contributed by atoms with Crippen LogP contribution in [0.5, 0.6) is 0 Å². The van der Waals surface area contributed by atoms with Gasteiger partial charge in [0.1, 0.15) is 0 Å². The Hall–Kier alpha value is -2.08. The molecule has 2 atom stereocenters. The fraction of sp³-hybridized carbons (Fsp3) is 0.500. The molecule has 1 aliphatic heterocycles. The number of nitrogens with zero attached hydrogens (tertiary/aromatic N) is 2. The molecule has 3 heterocycles. The minimum absolute atomic E-state index is 0.0532. The number of nitrogens with one attached hydrogen (secondary N) is 1. The normalized spacial score (nSPS) is 20.7. The standard InChI is InChI=1S/C16H21N3O3/c1-4-19(8-12-5-6-21-9-12)16(20)15-13-7-10(2)22-11(3)14(13)17-18-15/h5-6,9-11H,4,7-8H2,1-3H3,(H,17,18)/t10-,11+/m0/s1. The third kappa shape index (κ3) is 2.66. The second kappa shape index (κ2) is 5.96. The van der Waals surface area contributed by atoms with Gasteiger partial charge in [0.05, 0.1) is 30.4 Å². The number of fused-ring (bicyclic) bond motifs is 1. The molecule has 0 aliphatic carbocycles. The van der Waals surface area contributed by atoms with Gasteiger partial charge in [-0.05, 0) is 26.8 Å². The maximum Gasteiger partial charge on any atom is 0.274 e. The summed E-state index contributed by atoms with van der Waals surface area (Å²) in [6, 6.07) is 1.87. The fourth-order valence-electron chi connectivity index (χ4n) is 2.93. The summed E-state index contributed by atoms with van der Waals surface area (Å²) in [5, 5.41) is 7.24. The van der Waals surface area contributed by atoms with E-state index in [0.29, 0.717) is 25.2 Å². The minimum atomic E-state index is -0.0586. The summed E-state index contributed by atoms with van der Waals surface area (Å²) in [6.45, 7) is 7.10. The smallest absolute Gasteiger partial charge is 0.274 e. The van der Waals surface area contributed by atoms with Gasteiger partial charge in [-0.15, -0.1) is 0 Å². The number of aromatic nitrogens is 2. The van der Waals surface area contributed by atoms with E-state index in [1.807, 2.05) is 26.8 Å². The molecular weight excluding hydrogens is 282 g/mol. The van der Waals surface area contributed by atoms with Crippen LogP contribution in [0.1, 0.15) is 54.2 Å². The van der Waals surface area contributed by atoms with E-state index in [-0.39, 0.29) is 18.1 Å². The van der Waals surface area contributed by atoms with Crippen molar-refractivity contribution in [2.75, 3.05) is 6.54 Å². The van der Waals surface area contributed by atoms with Gasteiger partial charge in [0.15, 0.2) is 5.69 Å². The number of aromatic amines is 1. The zero-order valence-electron chi connectivity index (χ0n) is 13.1. The Morgan fingerprint density at radius 1 is 1.50 bits per heavy atom. The highest BCUT2D eigenvalue weighted by atomic mass is 16.5. The number of hydrogen-bond acceptors (Lipinski definition) is 4. The summed E-state index contributed by atoms with van der Waals surface area (Å²) in [4.78, 5) is 14.6. The van der Waals surface area contributed by atoms with Gasteiger partial charge in [0, 0.05) is 30.6 Å². The molecule has 0 unspecified atom stereocenters. The van der Waals surface area contributed by atoms with Crippen molar-refractivity contribution in [1.82, 2.24) is 15.1 Å². The second-order valence-corrected chi connectivity index (χ2v) is 5.71. The van der Waals surface area contributed by atoms with Gasteiger partial charge in [0.2, 0.25) is 0 Å². The summed E-state index contributed by atoms with van der Waals surface area (Å²) in [5.41, 5.74) is 3.40. The summed E-state index contributed by atoms with van der Waals surface area (Å²) in [7, 11) is 0. The molecule has 1 N–H and O–H groups in total. The molecule has 2 aromatic heterocycles. The van der Waals surface area contributed by atoms with E-state index in [4.69, 9.17) is 9.15 Å². The van der Waals surface area contributed by atoms with Crippen molar-refractivity contribution in [3.8, 4) is 0 Å². The molecule has 0 spiro atoms. The third-order valence-electron chi connectivity index (χ3n) is 4.06. The first-order valence-corrected chi connectivity index (χ1v) is 7.63. The largest absolute Gasteiger partial charge is 0.472 e. The van der Waals surface area contributed by atoms with Crippen molar-refractivity contribution in [1.29, 1.82) is 0 Å². The first-order chi connectivity index (χ1) is 10.6. The van der Waals surface area contributed by atoms with Crippen LogP contribution < -0.4 is 0 Å². The predicted octanol–water partition coefficient (Wildman–Crippen LogP) is 2.69. The Balaban J connectivity index is 1.85. The van der Waals surface area contributed by atoms with Crippen LogP contribution in [-0.4, -0.2) is 33.7 Å². The number of amides is 1. The molecule has 0 saturated carbocycles. The fourth-order valence-corrected chi connectivity index (χ4v) is 2.93. The first kappa shape index (κ1) is 14.8. The molecule has 0 bridgehead atoms. The Morgan fingerprint density at radius 3 is 3.00 bits per heavy atom. The third-order valence-corrected chi connectivity index (χ3v) is 4.06. The molecule has 3 rings (SSSR count). The van der Waals surface area contributed by atoms with Crippen LogP contribution in [0, 0.1) is 0 Å². The van der Waals surface area contributed by atoms with Gasteiger partial charge in [-0.25, -0.2) is 0 Å². The maximum absolute atomic E-state index is 12.8. The molecule has 6 nitrogen and oxygen atoms in total. The van der Waals surface area contributed by atoms with Gasteiger partial charge >= 0.3 is 0 Å². The van der Waals surface area contributed by atoms with Crippen molar-refractivity contribution in [3.05, 3.63) is 41.1 Å². The van der Waals surface area contributed by atoms with Crippen LogP contribution in [-0.2, 0) is 17.7 Å². The zero-order chi connectivity index (χ0) is 15.7. The molecule has 1 aliphatic rings. The maximum atomic E-state index is 12.8. The lowest BCUT2D eigenvalue weighted by Gasteiger charge is -2.26. The van der Waals surface area contributed by atoms with E-state index < -0.39 is 0 Å². The molecule has 22 heavy (non-hydrogen) atoms. The lowest BCUT2D eigenvalue weighted by Crippen LogP contribution is -2.32. The topological polar surface area (TPSA) is 71.4 Å². The van der Waals surface area contributed by atoms with Gasteiger partial charge in [-0.1, -0.05) is 0 Å². The van der Waals surface area contributed by atoms with E-state index >= 15 is 0 Å². The number of hydrogen-bond donors (Lipinski definition) is 1. The average Bonchev–Trinajstić information content (AvgIpc) is 3.13. The van der Waals surface area contributed by atoms with Crippen LogP contribution in [0.25, 0.3) is 0 Å². The Morgan fingerprint density at radius 2 is 2.32 bits per heavy atom. The van der Waals surface area contributed by atoms with Crippen molar-refractivity contribution in [2.45, 2.75) is 45.9 Å². The summed E-state index contributed by atoms with van der Waals surface area (Å²) < 4.78 is 10.8. The van der Waals surface area contributed by atoms with E-state index in [1.165, 1.54) is 0 Å². The lowest BCUT2D eigenvalue weighted by atomic mass is 9.99. The lowest BCUT2D eigenvalue weighted by molar-refractivity contribution is -0.00702. The second-order valence-electron chi connectivity index (χ2n) is 5.71. The van der Waals surface area contributed by atoms with E-state index in [1.54, 1.807) is 17.4 Å². The van der Waals surface area contributed by atoms with Crippen molar-refractivity contribution < 1.29 is 13.9 Å². The van der Waals surface area contributed by atoms with Crippen LogP contribution in [0.3, 0.4) is 0 Å². The predicted molar refractivity (Wildman–Crippen MR) is 80.4 cm³/mol. The minimum Gasteiger partial charge on any atom is -0.472 e. The van der Waals surface area contributed by atoms with E-state index in [9.17, 15) is 4.79 Å². The summed E-state index contributed by atoms with van der Waals surface area (Å²) in [5.74, 6) is -0.0532. The highest BCUT2D eigenvalue weighted by Gasteiger charge is 2.31. The summed E-state index contributed by atoms with van der Waals surface area (Å²) in [6.07, 6.45) is 4.02. The zero-order valence-corrected chi connectivity index (χ0v) is 13.1. The molecule has 118 valence electrons.